The molecule has 0 aliphatic carbocycles. The number of nitrogens with zero attached hydrogens (tertiary/aromatic N) is 1. The minimum Gasteiger partial charge on any atom is -0.465 e. The molecule has 0 aliphatic heterocycles. The molecule has 144 valence electrons. The number of carbonyl (C=O) groups is 2. The molecule has 1 aromatic heterocycles. The maximum Gasteiger partial charge on any atom is 0.341 e. The Morgan fingerprint density at radius 2 is 1.89 bits per heavy atom. The van der Waals surface area contributed by atoms with Crippen molar-refractivity contribution in [2.24, 2.45) is 0 Å². The number of esters is 1. The first-order chi connectivity index (χ1) is 12.6. The summed E-state index contributed by atoms with van der Waals surface area (Å²) in [5.41, 5.74) is 1.74. The van der Waals surface area contributed by atoms with Crippen molar-refractivity contribution in [2.75, 3.05) is 31.8 Å². The number of halogens is 1. The summed E-state index contributed by atoms with van der Waals surface area (Å²) in [4.78, 5) is 26.4. The van der Waals surface area contributed by atoms with E-state index in [-0.39, 0.29) is 22.4 Å². The first kappa shape index (κ1) is 20.8. The number of carbonyl (C=O) groups excluding carboxylic acids is 2. The van der Waals surface area contributed by atoms with E-state index in [0.29, 0.717) is 26.7 Å². The van der Waals surface area contributed by atoms with Crippen molar-refractivity contribution in [1.29, 1.82) is 0 Å². The molecule has 0 bridgehead atoms. The van der Waals surface area contributed by atoms with Gasteiger partial charge in [-0.05, 0) is 49.3 Å². The van der Waals surface area contributed by atoms with Gasteiger partial charge in [-0.15, -0.1) is 11.3 Å². The Morgan fingerprint density at radius 1 is 1.22 bits per heavy atom. The van der Waals surface area contributed by atoms with Gasteiger partial charge in [0.05, 0.1) is 17.6 Å². The molecule has 0 spiro atoms. The first-order valence-corrected chi connectivity index (χ1v) is 9.15. The molecule has 0 saturated carbocycles. The lowest BCUT2D eigenvalue weighted by atomic mass is 10.1. The number of anilines is 2. The van der Waals surface area contributed by atoms with Crippen molar-refractivity contribution in [2.45, 2.75) is 13.8 Å². The molecule has 9 heteroatoms. The minimum atomic E-state index is -0.576. The number of hydrogen-bond acceptors (Lipinski definition) is 5. The summed E-state index contributed by atoms with van der Waals surface area (Å²) in [5.74, 6) is -1.16. The zero-order valence-corrected chi connectivity index (χ0v) is 17.2. The van der Waals surface area contributed by atoms with E-state index in [1.54, 1.807) is 40.1 Å². The number of thiocarbonyl (C=S) groups is 1. The van der Waals surface area contributed by atoms with Crippen LogP contribution in [0.5, 0.6) is 0 Å². The zero-order valence-electron chi connectivity index (χ0n) is 15.6. The van der Waals surface area contributed by atoms with Gasteiger partial charge in [0, 0.05) is 19.8 Å². The van der Waals surface area contributed by atoms with E-state index in [0.717, 1.165) is 11.3 Å². The largest absolute Gasteiger partial charge is 0.465 e. The van der Waals surface area contributed by atoms with Crippen LogP contribution in [0.15, 0.2) is 18.2 Å². The summed E-state index contributed by atoms with van der Waals surface area (Å²) in [6.45, 7) is 3.34. The highest BCUT2D eigenvalue weighted by molar-refractivity contribution is 7.80. The number of aryl methyl sites for hydroxylation is 1. The summed E-state index contributed by atoms with van der Waals surface area (Å²) in [5, 5.41) is 6.32. The lowest BCUT2D eigenvalue weighted by Crippen LogP contribution is -2.21. The second-order valence-electron chi connectivity index (χ2n) is 5.99. The van der Waals surface area contributed by atoms with Crippen LogP contribution in [0.2, 0.25) is 0 Å². The van der Waals surface area contributed by atoms with Crippen LogP contribution < -0.4 is 10.6 Å². The van der Waals surface area contributed by atoms with Gasteiger partial charge < -0.3 is 20.3 Å². The number of amides is 1. The molecular weight excluding hydrogens is 389 g/mol. The number of rotatable bonds is 4. The van der Waals surface area contributed by atoms with Crippen LogP contribution >= 0.6 is 23.6 Å². The maximum absolute atomic E-state index is 13.7. The third kappa shape index (κ3) is 4.61. The molecule has 0 radical (unpaired) electrons. The summed E-state index contributed by atoms with van der Waals surface area (Å²) in [6.07, 6.45) is 0. The molecule has 2 rings (SSSR count). The van der Waals surface area contributed by atoms with E-state index in [2.05, 4.69) is 10.6 Å². The van der Waals surface area contributed by atoms with Crippen molar-refractivity contribution in [3.05, 3.63) is 45.6 Å². The summed E-state index contributed by atoms with van der Waals surface area (Å²) < 4.78 is 18.5. The Kier molecular flexibility index (Phi) is 6.50. The molecule has 1 aromatic carbocycles. The lowest BCUT2D eigenvalue weighted by Gasteiger charge is -2.11. The predicted molar refractivity (Wildman–Crippen MR) is 109 cm³/mol. The van der Waals surface area contributed by atoms with E-state index in [1.165, 1.54) is 18.1 Å². The molecule has 0 fully saturated rings. The Bertz CT molecular complexity index is 909. The number of hydrogen-bond donors (Lipinski definition) is 2. The van der Waals surface area contributed by atoms with E-state index >= 15 is 0 Å². The van der Waals surface area contributed by atoms with E-state index < -0.39 is 5.97 Å². The Hall–Kier alpha value is -2.52. The van der Waals surface area contributed by atoms with E-state index in [9.17, 15) is 14.0 Å². The smallest absolute Gasteiger partial charge is 0.341 e. The van der Waals surface area contributed by atoms with Gasteiger partial charge in [0.25, 0.3) is 5.91 Å². The highest BCUT2D eigenvalue weighted by atomic mass is 32.1. The zero-order chi connectivity index (χ0) is 20.3. The summed E-state index contributed by atoms with van der Waals surface area (Å²) >= 11 is 6.37. The van der Waals surface area contributed by atoms with Gasteiger partial charge in [-0.2, -0.15) is 0 Å². The molecule has 0 unspecified atom stereocenters. The van der Waals surface area contributed by atoms with E-state index in [4.69, 9.17) is 17.0 Å². The van der Waals surface area contributed by atoms with Crippen LogP contribution in [0.25, 0.3) is 0 Å². The quantitative estimate of drug-likeness (QED) is 0.591. The fraction of sp³-hybridized carbons (Fsp3) is 0.278. The highest BCUT2D eigenvalue weighted by Crippen LogP contribution is 2.34. The second kappa shape index (κ2) is 8.45. The molecule has 0 saturated heterocycles. The Balaban J connectivity index is 2.31. The second-order valence-corrected chi connectivity index (χ2v) is 7.42. The average Bonchev–Trinajstić information content (AvgIpc) is 2.92. The number of nitrogens with one attached hydrogen (secondary N) is 2. The molecule has 0 aliphatic rings. The number of ether oxygens (including phenoxy) is 1. The summed E-state index contributed by atoms with van der Waals surface area (Å²) in [6, 6.07) is 4.64. The van der Waals surface area contributed by atoms with Gasteiger partial charge in [-0.25, -0.2) is 9.18 Å². The van der Waals surface area contributed by atoms with E-state index in [1.807, 2.05) is 0 Å². The van der Waals surface area contributed by atoms with Crippen molar-refractivity contribution < 1.29 is 18.7 Å². The van der Waals surface area contributed by atoms with Crippen molar-refractivity contribution in [3.63, 3.8) is 0 Å². The van der Waals surface area contributed by atoms with Gasteiger partial charge in [-0.3, -0.25) is 4.79 Å². The maximum atomic E-state index is 13.7. The van der Waals surface area contributed by atoms with Crippen LogP contribution in [-0.4, -0.2) is 43.1 Å². The van der Waals surface area contributed by atoms with Gasteiger partial charge >= 0.3 is 5.97 Å². The molecule has 1 heterocycles. The van der Waals surface area contributed by atoms with Crippen LogP contribution in [0.4, 0.5) is 15.1 Å². The molecule has 2 aromatic rings. The van der Waals surface area contributed by atoms with Gasteiger partial charge in [-0.1, -0.05) is 6.07 Å². The van der Waals surface area contributed by atoms with Crippen molar-refractivity contribution in [3.8, 4) is 0 Å². The molecule has 2 N–H and O–H groups in total. The van der Waals surface area contributed by atoms with Crippen molar-refractivity contribution >= 4 is 51.2 Å². The summed E-state index contributed by atoms with van der Waals surface area (Å²) in [7, 11) is 4.53. The highest BCUT2D eigenvalue weighted by Gasteiger charge is 2.26. The SMILES string of the molecule is COC(=O)c1c(NC(=S)Nc2ccc(C)c(F)c2)sc(C(=O)N(C)C)c1C. The van der Waals surface area contributed by atoms with Gasteiger partial charge in [0.2, 0.25) is 0 Å². The first-order valence-electron chi connectivity index (χ1n) is 7.93. The monoisotopic (exact) mass is 409 g/mol. The van der Waals surface area contributed by atoms with Crippen LogP contribution in [-0.2, 0) is 4.74 Å². The predicted octanol–water partition coefficient (Wildman–Crippen LogP) is 3.80. The molecule has 1 amide bonds. The fourth-order valence-corrected chi connectivity index (χ4v) is 3.80. The van der Waals surface area contributed by atoms with Crippen LogP contribution in [0, 0.1) is 19.7 Å². The standard InChI is InChI=1S/C18H20FN3O3S2/c1-9-6-7-11(8-12(9)19)20-18(26)21-15-13(17(24)25-5)10(2)14(27-15)16(23)22(3)4/h6-8H,1-5H3,(H2,20,21,26). The van der Waals surface area contributed by atoms with Gasteiger partial charge in [0.15, 0.2) is 5.11 Å². The molecule has 0 atom stereocenters. The van der Waals surface area contributed by atoms with Crippen LogP contribution in [0.1, 0.15) is 31.2 Å². The normalized spacial score (nSPS) is 10.3. The fourth-order valence-electron chi connectivity index (χ4n) is 2.29. The number of methoxy groups -OCH3 is 1. The van der Waals surface area contributed by atoms with Crippen LogP contribution in [0.3, 0.4) is 0 Å². The minimum absolute atomic E-state index is 0.161. The molecule has 6 nitrogen and oxygen atoms in total. The molecule has 27 heavy (non-hydrogen) atoms. The third-order valence-electron chi connectivity index (χ3n) is 3.79. The molecular formula is C18H20FN3O3S2. The number of thiophene rings is 1. The van der Waals surface area contributed by atoms with Gasteiger partial charge in [0.1, 0.15) is 10.8 Å². The topological polar surface area (TPSA) is 70.7 Å². The lowest BCUT2D eigenvalue weighted by molar-refractivity contribution is 0.0601. The third-order valence-corrected chi connectivity index (χ3v) is 5.19. The average molecular weight is 410 g/mol. The Labute approximate surface area is 166 Å². The van der Waals surface area contributed by atoms with Crippen molar-refractivity contribution in [1.82, 2.24) is 4.90 Å². The number of benzene rings is 1. The Morgan fingerprint density at radius 3 is 2.44 bits per heavy atom.